The molecule has 0 spiro atoms. The van der Waals surface area contributed by atoms with Crippen molar-refractivity contribution in [3.63, 3.8) is 0 Å². The first-order chi connectivity index (χ1) is 18.4. The van der Waals surface area contributed by atoms with Gasteiger partial charge in [0.25, 0.3) is 0 Å². The van der Waals surface area contributed by atoms with Crippen molar-refractivity contribution in [2.75, 3.05) is 18.1 Å². The fourth-order valence-corrected chi connectivity index (χ4v) is 4.98. The molecule has 0 saturated heterocycles. The molecule has 4 N–H and O–H groups in total. The van der Waals surface area contributed by atoms with Gasteiger partial charge in [0, 0.05) is 10.8 Å². The summed E-state index contributed by atoms with van der Waals surface area (Å²) >= 11 is 0. The molecule has 14 heteroatoms. The van der Waals surface area contributed by atoms with Gasteiger partial charge in [-0.05, 0) is 67.6 Å². The van der Waals surface area contributed by atoms with Crippen LogP contribution in [0, 0.1) is 6.92 Å². The van der Waals surface area contributed by atoms with E-state index >= 15 is 0 Å². The summed E-state index contributed by atoms with van der Waals surface area (Å²) in [5, 5.41) is 28.4. The van der Waals surface area contributed by atoms with Crippen LogP contribution in [0.5, 0.6) is 5.75 Å². The Balaban J connectivity index is 1.56. The molecule has 0 atom stereocenters. The van der Waals surface area contributed by atoms with Crippen LogP contribution in [0.15, 0.2) is 98.1 Å². The van der Waals surface area contributed by atoms with Crippen molar-refractivity contribution >= 4 is 59.4 Å². The molecule has 0 bridgehead atoms. The third kappa shape index (κ3) is 7.00. The first-order valence-corrected chi connectivity index (χ1v) is 14.3. The van der Waals surface area contributed by atoms with Crippen molar-refractivity contribution in [3.8, 4) is 5.75 Å². The molecule has 0 aliphatic carbocycles. The maximum Gasteiger partial charge on any atom is 0.397 e. The van der Waals surface area contributed by atoms with E-state index in [1.165, 1.54) is 24.3 Å². The fourth-order valence-electron chi connectivity index (χ4n) is 3.49. The lowest BCUT2D eigenvalue weighted by molar-refractivity contribution is 0.284. The predicted octanol–water partition coefficient (Wildman–Crippen LogP) is 5.86. The van der Waals surface area contributed by atoms with Gasteiger partial charge < -0.3 is 10.8 Å². The number of nitrogen functional groups attached to an aromatic ring is 1. The standard InChI is InChI=1S/C25H23N5O7S2/c1-16-2-4-17(5-3-16)27-29-23-13-11-20-21(25(23)31)10-12-22(26)24(20)30-28-18-6-8-19(9-7-18)38(32,33)15-14-37-39(34,35)36/h2-13,31H,14-15,26H2,1H3,(H,34,35,36). The van der Waals surface area contributed by atoms with Gasteiger partial charge in [-0.3, -0.25) is 4.55 Å². The highest BCUT2D eigenvalue weighted by Gasteiger charge is 2.17. The summed E-state index contributed by atoms with van der Waals surface area (Å²) in [6, 6.07) is 19.3. The van der Waals surface area contributed by atoms with Gasteiger partial charge in [0.05, 0.1) is 34.3 Å². The second-order valence-corrected chi connectivity index (χ2v) is 11.5. The average molecular weight is 570 g/mol. The molecule has 4 aromatic carbocycles. The van der Waals surface area contributed by atoms with Gasteiger partial charge >= 0.3 is 10.4 Å². The molecular formula is C25H23N5O7S2. The first-order valence-electron chi connectivity index (χ1n) is 11.3. The number of azo groups is 2. The Hall–Kier alpha value is -4.24. The Morgan fingerprint density at radius 1 is 0.769 bits per heavy atom. The smallest absolute Gasteiger partial charge is 0.397 e. The summed E-state index contributed by atoms with van der Waals surface area (Å²) < 4.78 is 58.5. The average Bonchev–Trinajstić information content (AvgIpc) is 2.88. The molecule has 0 aromatic heterocycles. The summed E-state index contributed by atoms with van der Waals surface area (Å²) in [6.07, 6.45) is 0. The Kier molecular flexibility index (Phi) is 8.01. The van der Waals surface area contributed by atoms with Gasteiger partial charge in [-0.2, -0.15) is 18.6 Å². The summed E-state index contributed by atoms with van der Waals surface area (Å²) in [5.41, 5.74) is 9.01. The Labute approximate surface area is 224 Å². The molecule has 39 heavy (non-hydrogen) atoms. The van der Waals surface area contributed by atoms with Crippen molar-refractivity contribution in [1.82, 2.24) is 0 Å². The zero-order valence-corrected chi connectivity index (χ0v) is 22.1. The van der Waals surface area contributed by atoms with Crippen LogP contribution in [0.1, 0.15) is 5.56 Å². The van der Waals surface area contributed by atoms with Crippen LogP contribution in [0.25, 0.3) is 10.8 Å². The monoisotopic (exact) mass is 569 g/mol. The van der Waals surface area contributed by atoms with Crippen molar-refractivity contribution in [2.45, 2.75) is 11.8 Å². The third-order valence-electron chi connectivity index (χ3n) is 5.51. The number of aryl methyl sites for hydroxylation is 1. The minimum atomic E-state index is -4.74. The number of rotatable bonds is 9. The zero-order valence-electron chi connectivity index (χ0n) is 20.5. The maximum absolute atomic E-state index is 12.3. The van der Waals surface area contributed by atoms with E-state index in [4.69, 9.17) is 10.3 Å². The van der Waals surface area contributed by atoms with Crippen LogP contribution in [-0.2, 0) is 24.4 Å². The molecule has 0 heterocycles. The predicted molar refractivity (Wildman–Crippen MR) is 146 cm³/mol. The Morgan fingerprint density at radius 2 is 1.36 bits per heavy atom. The van der Waals surface area contributed by atoms with Crippen molar-refractivity contribution < 1.29 is 30.7 Å². The van der Waals surface area contributed by atoms with Crippen LogP contribution in [-0.4, -0.2) is 38.9 Å². The zero-order chi connectivity index (χ0) is 28.2. The third-order valence-corrected chi connectivity index (χ3v) is 7.67. The van der Waals surface area contributed by atoms with Crippen LogP contribution in [0.3, 0.4) is 0 Å². The van der Waals surface area contributed by atoms with Gasteiger partial charge in [-0.1, -0.05) is 17.7 Å². The van der Waals surface area contributed by atoms with Gasteiger partial charge in [0.2, 0.25) is 0 Å². The number of sulfone groups is 1. The van der Waals surface area contributed by atoms with Crippen molar-refractivity contribution in [2.24, 2.45) is 20.5 Å². The second kappa shape index (κ2) is 11.2. The maximum atomic E-state index is 12.3. The molecule has 4 rings (SSSR count). The van der Waals surface area contributed by atoms with E-state index in [9.17, 15) is 21.9 Å². The number of phenolic OH excluding ortho intramolecular Hbond substituents is 1. The molecule has 202 valence electrons. The number of anilines is 1. The first kappa shape index (κ1) is 27.8. The van der Waals surface area contributed by atoms with Crippen LogP contribution in [0.4, 0.5) is 28.4 Å². The number of fused-ring (bicyclic) bond motifs is 1. The van der Waals surface area contributed by atoms with E-state index in [1.54, 1.807) is 24.3 Å². The van der Waals surface area contributed by atoms with E-state index in [0.717, 1.165) is 5.56 Å². The highest BCUT2D eigenvalue weighted by atomic mass is 32.3. The lowest BCUT2D eigenvalue weighted by atomic mass is 10.1. The highest BCUT2D eigenvalue weighted by molar-refractivity contribution is 7.91. The van der Waals surface area contributed by atoms with Crippen molar-refractivity contribution in [1.29, 1.82) is 0 Å². The molecule has 0 saturated carbocycles. The molecule has 0 fully saturated rings. The van der Waals surface area contributed by atoms with E-state index in [2.05, 4.69) is 24.6 Å². The highest BCUT2D eigenvalue weighted by Crippen LogP contribution is 2.42. The second-order valence-electron chi connectivity index (χ2n) is 8.33. The topological polar surface area (TPSA) is 193 Å². The van der Waals surface area contributed by atoms with Crippen LogP contribution in [0.2, 0.25) is 0 Å². The normalized spacial score (nSPS) is 12.6. The SMILES string of the molecule is Cc1ccc(N=Nc2ccc3c(N=Nc4ccc(S(=O)(=O)CCOS(=O)(=O)O)cc4)c(N)ccc3c2O)cc1. The largest absolute Gasteiger partial charge is 0.505 e. The molecular weight excluding hydrogens is 546 g/mol. The van der Waals surface area contributed by atoms with E-state index in [-0.39, 0.29) is 16.3 Å². The number of aromatic hydroxyl groups is 1. The number of hydrogen-bond acceptors (Lipinski definition) is 11. The van der Waals surface area contributed by atoms with E-state index in [0.29, 0.717) is 33.5 Å². The number of hydrogen-bond donors (Lipinski definition) is 3. The minimum Gasteiger partial charge on any atom is -0.505 e. The molecule has 0 amide bonds. The van der Waals surface area contributed by atoms with Crippen LogP contribution >= 0.6 is 0 Å². The molecule has 0 aliphatic rings. The molecule has 4 aromatic rings. The van der Waals surface area contributed by atoms with Gasteiger partial charge in [-0.15, -0.1) is 10.2 Å². The van der Waals surface area contributed by atoms with Crippen molar-refractivity contribution in [3.05, 3.63) is 78.4 Å². The number of benzene rings is 4. The van der Waals surface area contributed by atoms with Crippen LogP contribution < -0.4 is 5.73 Å². The summed E-state index contributed by atoms with van der Waals surface area (Å²) in [6.45, 7) is 1.23. The number of phenols is 1. The summed E-state index contributed by atoms with van der Waals surface area (Å²) in [5.74, 6) is -0.761. The fraction of sp³-hybridized carbons (Fsp3) is 0.120. The van der Waals surface area contributed by atoms with E-state index < -0.39 is 32.6 Å². The molecule has 0 unspecified atom stereocenters. The number of nitrogens with zero attached hydrogens (tertiary/aromatic N) is 4. The molecule has 0 radical (unpaired) electrons. The van der Waals surface area contributed by atoms with Gasteiger partial charge in [0.1, 0.15) is 11.4 Å². The van der Waals surface area contributed by atoms with E-state index in [1.807, 2.05) is 31.2 Å². The Morgan fingerprint density at radius 3 is 2.00 bits per heavy atom. The molecule has 12 nitrogen and oxygen atoms in total. The van der Waals surface area contributed by atoms with Gasteiger partial charge in [-0.25, -0.2) is 12.6 Å². The Bertz CT molecular complexity index is 1790. The summed E-state index contributed by atoms with van der Waals surface area (Å²) in [4.78, 5) is -0.0951. The lowest BCUT2D eigenvalue weighted by Gasteiger charge is -2.08. The quantitative estimate of drug-likeness (QED) is 0.127. The lowest BCUT2D eigenvalue weighted by Crippen LogP contribution is -2.15. The number of nitrogens with two attached hydrogens (primary N) is 1. The minimum absolute atomic E-state index is 0.0951. The van der Waals surface area contributed by atoms with Gasteiger partial charge in [0.15, 0.2) is 15.6 Å². The summed E-state index contributed by atoms with van der Waals surface area (Å²) in [7, 11) is -8.61. The molecule has 0 aliphatic heterocycles.